The SMILES string of the molecule is CC[C@H]1CCCCN1C(=O)COC(=O)/C(C#N)=C/c1cc(C)n(CC(C)C)c1C. The first-order valence-electron chi connectivity index (χ1n) is 10.5. The summed E-state index contributed by atoms with van der Waals surface area (Å²) in [5, 5.41) is 9.44. The molecule has 158 valence electrons. The number of nitrogens with zero attached hydrogens (tertiary/aromatic N) is 3. The minimum atomic E-state index is -0.750. The van der Waals surface area contributed by atoms with Crippen LogP contribution in [0.25, 0.3) is 6.08 Å². The summed E-state index contributed by atoms with van der Waals surface area (Å²) < 4.78 is 7.37. The molecule has 0 bridgehead atoms. The first-order chi connectivity index (χ1) is 13.8. The fourth-order valence-electron chi connectivity index (χ4n) is 3.95. The Balaban J connectivity index is 2.07. The molecule has 1 aliphatic rings. The molecule has 6 nitrogen and oxygen atoms in total. The van der Waals surface area contributed by atoms with Crippen LogP contribution in [-0.2, 0) is 20.9 Å². The molecule has 0 N–H and O–H groups in total. The van der Waals surface area contributed by atoms with Gasteiger partial charge in [-0.05, 0) is 63.2 Å². The summed E-state index contributed by atoms with van der Waals surface area (Å²) >= 11 is 0. The van der Waals surface area contributed by atoms with Crippen molar-refractivity contribution in [1.29, 1.82) is 5.26 Å². The Kier molecular flexibility index (Phi) is 8.07. The third-order valence-electron chi connectivity index (χ3n) is 5.55. The second-order valence-electron chi connectivity index (χ2n) is 8.22. The lowest BCUT2D eigenvalue weighted by molar-refractivity contribution is -0.150. The zero-order valence-corrected chi connectivity index (χ0v) is 18.3. The third kappa shape index (κ3) is 5.72. The van der Waals surface area contributed by atoms with E-state index in [4.69, 9.17) is 4.74 Å². The van der Waals surface area contributed by atoms with Crippen LogP contribution in [0.2, 0.25) is 0 Å². The summed E-state index contributed by atoms with van der Waals surface area (Å²) in [6.07, 6.45) is 5.55. The molecule has 1 saturated heterocycles. The number of amides is 1. The second kappa shape index (κ2) is 10.3. The number of hydrogen-bond donors (Lipinski definition) is 0. The number of nitriles is 1. The van der Waals surface area contributed by atoms with Crippen LogP contribution in [0.1, 0.15) is 63.4 Å². The van der Waals surface area contributed by atoms with Gasteiger partial charge in [-0.3, -0.25) is 4.79 Å². The molecular formula is C23H33N3O3. The van der Waals surface area contributed by atoms with E-state index in [1.807, 2.05) is 30.9 Å². The van der Waals surface area contributed by atoms with Gasteiger partial charge in [-0.2, -0.15) is 5.26 Å². The summed E-state index contributed by atoms with van der Waals surface area (Å²) in [7, 11) is 0. The first kappa shape index (κ1) is 22.7. The normalized spacial score (nSPS) is 17.3. The van der Waals surface area contributed by atoms with Crippen LogP contribution in [0.4, 0.5) is 0 Å². The maximum absolute atomic E-state index is 12.5. The van der Waals surface area contributed by atoms with Crippen LogP contribution in [0, 0.1) is 31.1 Å². The molecular weight excluding hydrogens is 366 g/mol. The number of carbonyl (C=O) groups excluding carboxylic acids is 2. The van der Waals surface area contributed by atoms with E-state index in [9.17, 15) is 14.9 Å². The molecule has 6 heteroatoms. The summed E-state index contributed by atoms with van der Waals surface area (Å²) in [6.45, 7) is 11.6. The Morgan fingerprint density at radius 3 is 2.69 bits per heavy atom. The van der Waals surface area contributed by atoms with E-state index >= 15 is 0 Å². The molecule has 0 aromatic carbocycles. The number of aryl methyl sites for hydroxylation is 1. The van der Waals surface area contributed by atoms with Gasteiger partial charge in [0.15, 0.2) is 6.61 Å². The number of aromatic nitrogens is 1. The van der Waals surface area contributed by atoms with E-state index in [1.165, 1.54) is 0 Å². The van der Waals surface area contributed by atoms with Crippen molar-refractivity contribution >= 4 is 18.0 Å². The molecule has 1 aliphatic heterocycles. The number of ether oxygens (including phenoxy) is 1. The van der Waals surface area contributed by atoms with E-state index in [0.717, 1.165) is 49.2 Å². The van der Waals surface area contributed by atoms with Crippen LogP contribution < -0.4 is 0 Å². The average molecular weight is 400 g/mol. The van der Waals surface area contributed by atoms with E-state index in [2.05, 4.69) is 25.3 Å². The number of carbonyl (C=O) groups is 2. The van der Waals surface area contributed by atoms with Gasteiger partial charge in [-0.25, -0.2) is 4.79 Å². The predicted octanol–water partition coefficient (Wildman–Crippen LogP) is 4.00. The van der Waals surface area contributed by atoms with Gasteiger partial charge in [0, 0.05) is 30.5 Å². The minimum absolute atomic E-state index is 0.0896. The molecule has 2 heterocycles. The molecule has 0 saturated carbocycles. The topological polar surface area (TPSA) is 75.3 Å². The summed E-state index contributed by atoms with van der Waals surface area (Å²) in [5.74, 6) is -0.443. The van der Waals surface area contributed by atoms with E-state index in [0.29, 0.717) is 12.5 Å². The van der Waals surface area contributed by atoms with E-state index in [1.54, 1.807) is 6.08 Å². The first-order valence-corrected chi connectivity index (χ1v) is 10.5. The molecule has 0 aliphatic carbocycles. The highest BCUT2D eigenvalue weighted by atomic mass is 16.5. The molecule has 1 aromatic heterocycles. The van der Waals surface area contributed by atoms with Gasteiger partial charge in [0.05, 0.1) is 0 Å². The molecule has 0 radical (unpaired) electrons. The van der Waals surface area contributed by atoms with Gasteiger partial charge in [-0.15, -0.1) is 0 Å². The van der Waals surface area contributed by atoms with Crippen LogP contribution in [0.5, 0.6) is 0 Å². The highest BCUT2D eigenvalue weighted by molar-refractivity contribution is 5.99. The van der Waals surface area contributed by atoms with E-state index < -0.39 is 5.97 Å². The number of rotatable bonds is 7. The number of likely N-dealkylation sites (tertiary alicyclic amines) is 1. The summed E-state index contributed by atoms with van der Waals surface area (Å²) in [5.41, 5.74) is 2.82. The van der Waals surface area contributed by atoms with Crippen LogP contribution in [0.3, 0.4) is 0 Å². The molecule has 29 heavy (non-hydrogen) atoms. The number of piperidine rings is 1. The number of esters is 1. The Labute approximate surface area is 174 Å². The van der Waals surface area contributed by atoms with Gasteiger partial charge in [-0.1, -0.05) is 20.8 Å². The van der Waals surface area contributed by atoms with Gasteiger partial charge < -0.3 is 14.2 Å². The zero-order valence-electron chi connectivity index (χ0n) is 18.3. The zero-order chi connectivity index (χ0) is 21.6. The van der Waals surface area contributed by atoms with Crippen LogP contribution in [-0.4, -0.2) is 40.5 Å². The van der Waals surface area contributed by atoms with Gasteiger partial charge in [0.1, 0.15) is 11.6 Å². The molecule has 0 unspecified atom stereocenters. The summed E-state index contributed by atoms with van der Waals surface area (Å²) in [4.78, 5) is 26.7. The number of hydrogen-bond acceptors (Lipinski definition) is 4. The van der Waals surface area contributed by atoms with Crippen molar-refractivity contribution in [3.63, 3.8) is 0 Å². The Bertz CT molecular complexity index is 814. The Morgan fingerprint density at radius 1 is 1.34 bits per heavy atom. The maximum Gasteiger partial charge on any atom is 0.349 e. The Hall–Kier alpha value is -2.55. The quantitative estimate of drug-likeness (QED) is 0.394. The van der Waals surface area contributed by atoms with Crippen molar-refractivity contribution in [3.05, 3.63) is 28.6 Å². The van der Waals surface area contributed by atoms with E-state index in [-0.39, 0.29) is 24.1 Å². The van der Waals surface area contributed by atoms with Crippen molar-refractivity contribution in [2.75, 3.05) is 13.2 Å². The lowest BCUT2D eigenvalue weighted by atomic mass is 10.00. The van der Waals surface area contributed by atoms with Crippen molar-refractivity contribution in [1.82, 2.24) is 9.47 Å². The Morgan fingerprint density at radius 2 is 2.07 bits per heavy atom. The fraction of sp³-hybridized carbons (Fsp3) is 0.609. The van der Waals surface area contributed by atoms with Crippen molar-refractivity contribution in [3.8, 4) is 6.07 Å². The standard InChI is InChI=1S/C23H33N3O3/c1-6-21-9-7-8-10-25(21)22(27)15-29-23(28)20(13-24)12-19-11-17(4)26(18(19)5)14-16(2)3/h11-12,16,21H,6-10,14-15H2,1-5H3/b20-12+/t21-/m0/s1. The fourth-order valence-corrected chi connectivity index (χ4v) is 3.95. The van der Waals surface area contributed by atoms with Crippen molar-refractivity contribution in [2.24, 2.45) is 5.92 Å². The smallest absolute Gasteiger partial charge is 0.349 e. The molecule has 1 atom stereocenters. The second-order valence-corrected chi connectivity index (χ2v) is 8.22. The van der Waals surface area contributed by atoms with Crippen molar-refractivity contribution in [2.45, 2.75) is 72.9 Å². The highest BCUT2D eigenvalue weighted by Gasteiger charge is 2.26. The third-order valence-corrected chi connectivity index (χ3v) is 5.55. The van der Waals surface area contributed by atoms with Crippen LogP contribution in [0.15, 0.2) is 11.6 Å². The molecule has 1 fully saturated rings. The maximum atomic E-state index is 12.5. The lowest BCUT2D eigenvalue weighted by Crippen LogP contribution is -2.45. The molecule has 1 aromatic rings. The highest BCUT2D eigenvalue weighted by Crippen LogP contribution is 2.21. The van der Waals surface area contributed by atoms with Gasteiger partial charge in [0.25, 0.3) is 5.91 Å². The minimum Gasteiger partial charge on any atom is -0.451 e. The molecule has 2 rings (SSSR count). The summed E-state index contributed by atoms with van der Waals surface area (Å²) in [6, 6.07) is 4.10. The monoisotopic (exact) mass is 399 g/mol. The lowest BCUT2D eigenvalue weighted by Gasteiger charge is -2.35. The van der Waals surface area contributed by atoms with Gasteiger partial charge >= 0.3 is 5.97 Å². The predicted molar refractivity (Wildman–Crippen MR) is 113 cm³/mol. The molecule has 1 amide bonds. The van der Waals surface area contributed by atoms with Crippen molar-refractivity contribution < 1.29 is 14.3 Å². The van der Waals surface area contributed by atoms with Gasteiger partial charge in [0.2, 0.25) is 0 Å². The average Bonchev–Trinajstić information content (AvgIpc) is 2.96. The molecule has 0 spiro atoms. The largest absolute Gasteiger partial charge is 0.451 e. The van der Waals surface area contributed by atoms with Crippen LogP contribution >= 0.6 is 0 Å².